The molecule has 2 unspecified atom stereocenters. The molecule has 1 aliphatic heterocycles. The number of carboxylic acid groups (broad SMARTS) is 1. The Morgan fingerprint density at radius 2 is 2.24 bits per heavy atom. The van der Waals surface area contributed by atoms with Crippen molar-refractivity contribution in [1.29, 1.82) is 0 Å². The summed E-state index contributed by atoms with van der Waals surface area (Å²) in [5.74, 6) is -1.29. The topological polar surface area (TPSA) is 156 Å². The summed E-state index contributed by atoms with van der Waals surface area (Å²) in [5.41, 5.74) is 8.07. The van der Waals surface area contributed by atoms with Gasteiger partial charge in [0, 0.05) is 11.3 Å². The number of carboxylic acids is 1. The van der Waals surface area contributed by atoms with Gasteiger partial charge in [-0.3, -0.25) is 0 Å². The number of rotatable bonds is 4. The van der Waals surface area contributed by atoms with Crippen LogP contribution in [0.1, 0.15) is 6.42 Å². The van der Waals surface area contributed by atoms with Gasteiger partial charge in [-0.1, -0.05) is 5.11 Å². The molecule has 1 heterocycles. The lowest BCUT2D eigenvalue weighted by Gasteiger charge is -2.37. The summed E-state index contributed by atoms with van der Waals surface area (Å²) in [6.45, 7) is -0.378. The summed E-state index contributed by atoms with van der Waals surface area (Å²) in [4.78, 5) is 13.1. The molecule has 1 saturated heterocycles. The van der Waals surface area contributed by atoms with Crippen LogP contribution < -0.4 is 0 Å². The van der Waals surface area contributed by atoms with E-state index in [2.05, 4.69) is 10.0 Å². The molecular weight excluding hydrogens is 234 g/mol. The monoisotopic (exact) mass is 247 g/mol. The molecule has 0 bridgehead atoms. The first-order valence-electron chi connectivity index (χ1n) is 4.90. The molecule has 0 radical (unpaired) electrons. The first kappa shape index (κ1) is 13.7. The fourth-order valence-corrected chi connectivity index (χ4v) is 1.60. The summed E-state index contributed by atoms with van der Waals surface area (Å²) < 4.78 is 4.95. The number of carbonyl (C=O) groups is 1. The van der Waals surface area contributed by atoms with Crippen LogP contribution in [0.15, 0.2) is 5.11 Å². The average molecular weight is 247 g/mol. The lowest BCUT2D eigenvalue weighted by molar-refractivity contribution is -0.207. The van der Waals surface area contributed by atoms with E-state index in [4.69, 9.17) is 15.4 Å². The standard InChI is InChI=1S/C8H13N3O6/c9-11-10-2-4(13)7-6(14)3(12)1-5(17-7)8(15)16/h3-7,12-14H,1-2H2,(H,15,16)/t3?,4-,5-,6-,7?/m1/s1. The van der Waals surface area contributed by atoms with Gasteiger partial charge in [0.2, 0.25) is 0 Å². The van der Waals surface area contributed by atoms with Crippen LogP contribution in [0.25, 0.3) is 10.4 Å². The van der Waals surface area contributed by atoms with Gasteiger partial charge in [-0.25, -0.2) is 4.79 Å². The predicted molar refractivity (Wildman–Crippen MR) is 52.9 cm³/mol. The van der Waals surface area contributed by atoms with Crippen molar-refractivity contribution in [3.63, 3.8) is 0 Å². The number of hydrogen-bond donors (Lipinski definition) is 4. The Labute approximate surface area is 95.9 Å². The molecule has 0 aromatic heterocycles. The van der Waals surface area contributed by atoms with Crippen LogP contribution in [-0.2, 0) is 9.53 Å². The quantitative estimate of drug-likeness (QED) is 0.272. The zero-order valence-corrected chi connectivity index (χ0v) is 8.75. The Balaban J connectivity index is 2.73. The number of aliphatic hydroxyl groups is 3. The Morgan fingerprint density at radius 1 is 1.59 bits per heavy atom. The molecule has 1 aliphatic rings. The van der Waals surface area contributed by atoms with Crippen molar-refractivity contribution in [3.8, 4) is 0 Å². The zero-order valence-electron chi connectivity index (χ0n) is 8.75. The average Bonchev–Trinajstić information content (AvgIpc) is 2.29. The second kappa shape index (κ2) is 5.80. The highest BCUT2D eigenvalue weighted by atomic mass is 16.5. The molecule has 5 atom stereocenters. The van der Waals surface area contributed by atoms with E-state index in [1.54, 1.807) is 0 Å². The lowest BCUT2D eigenvalue weighted by Crippen LogP contribution is -2.55. The van der Waals surface area contributed by atoms with E-state index in [0.29, 0.717) is 0 Å². The number of hydrogen-bond acceptors (Lipinski definition) is 6. The van der Waals surface area contributed by atoms with E-state index in [1.807, 2.05) is 0 Å². The van der Waals surface area contributed by atoms with Crippen molar-refractivity contribution in [2.24, 2.45) is 5.11 Å². The van der Waals surface area contributed by atoms with Gasteiger partial charge >= 0.3 is 5.97 Å². The van der Waals surface area contributed by atoms with Crippen LogP contribution in [0.4, 0.5) is 0 Å². The zero-order chi connectivity index (χ0) is 13.0. The number of aliphatic hydroxyl groups excluding tert-OH is 3. The molecule has 0 aromatic rings. The molecule has 17 heavy (non-hydrogen) atoms. The second-order valence-corrected chi connectivity index (χ2v) is 3.70. The molecule has 96 valence electrons. The third-order valence-electron chi connectivity index (χ3n) is 2.49. The van der Waals surface area contributed by atoms with E-state index in [-0.39, 0.29) is 13.0 Å². The predicted octanol–water partition coefficient (Wildman–Crippen LogP) is -1.38. The molecule has 9 nitrogen and oxygen atoms in total. The first-order chi connectivity index (χ1) is 7.97. The fraction of sp³-hybridized carbons (Fsp3) is 0.875. The molecule has 9 heteroatoms. The van der Waals surface area contributed by atoms with E-state index in [1.165, 1.54) is 0 Å². The highest BCUT2D eigenvalue weighted by Crippen LogP contribution is 2.23. The third-order valence-corrected chi connectivity index (χ3v) is 2.49. The molecule has 0 aliphatic carbocycles. The Bertz CT molecular complexity index is 331. The molecular formula is C8H13N3O6. The summed E-state index contributed by atoms with van der Waals surface area (Å²) in [6, 6.07) is 0. The SMILES string of the molecule is [N-]=[N+]=NC[C@@H](O)C1O[C@@H](C(=O)O)CC(O)[C@H]1O. The van der Waals surface area contributed by atoms with Crippen molar-refractivity contribution < 1.29 is 30.0 Å². The molecule has 0 saturated carbocycles. The minimum absolute atomic E-state index is 0.263. The van der Waals surface area contributed by atoms with Gasteiger partial charge in [-0.05, 0) is 5.53 Å². The van der Waals surface area contributed by atoms with Gasteiger partial charge in [-0.15, -0.1) is 0 Å². The van der Waals surface area contributed by atoms with Gasteiger partial charge < -0.3 is 25.2 Å². The van der Waals surface area contributed by atoms with Crippen molar-refractivity contribution in [2.45, 2.75) is 36.9 Å². The van der Waals surface area contributed by atoms with Crippen LogP contribution in [0, 0.1) is 0 Å². The van der Waals surface area contributed by atoms with Gasteiger partial charge in [0.15, 0.2) is 6.10 Å². The van der Waals surface area contributed by atoms with Crippen molar-refractivity contribution >= 4 is 5.97 Å². The normalized spacial score (nSPS) is 34.8. The Morgan fingerprint density at radius 3 is 2.76 bits per heavy atom. The Kier molecular flexibility index (Phi) is 4.67. The number of ether oxygens (including phenoxy) is 1. The van der Waals surface area contributed by atoms with Crippen LogP contribution in [0.3, 0.4) is 0 Å². The molecule has 0 spiro atoms. The van der Waals surface area contributed by atoms with Gasteiger partial charge in [0.25, 0.3) is 0 Å². The number of aliphatic carboxylic acids is 1. The summed E-state index contributed by atoms with van der Waals surface area (Å²) in [6.07, 6.45) is -6.98. The fourth-order valence-electron chi connectivity index (χ4n) is 1.60. The molecule has 0 aromatic carbocycles. The molecule has 4 N–H and O–H groups in total. The van der Waals surface area contributed by atoms with E-state index in [9.17, 15) is 20.1 Å². The van der Waals surface area contributed by atoms with Crippen molar-refractivity contribution in [1.82, 2.24) is 0 Å². The summed E-state index contributed by atoms with van der Waals surface area (Å²) >= 11 is 0. The molecule has 1 rings (SSSR count). The highest BCUT2D eigenvalue weighted by molar-refractivity contribution is 5.72. The van der Waals surface area contributed by atoms with Crippen molar-refractivity contribution in [3.05, 3.63) is 10.4 Å². The van der Waals surface area contributed by atoms with E-state index < -0.39 is 36.5 Å². The maximum Gasteiger partial charge on any atom is 0.332 e. The van der Waals surface area contributed by atoms with Gasteiger partial charge in [0.1, 0.15) is 12.2 Å². The van der Waals surface area contributed by atoms with Crippen LogP contribution >= 0.6 is 0 Å². The molecule has 0 amide bonds. The highest BCUT2D eigenvalue weighted by Gasteiger charge is 2.42. The molecule has 1 fully saturated rings. The summed E-state index contributed by atoms with van der Waals surface area (Å²) in [7, 11) is 0. The minimum atomic E-state index is -1.42. The van der Waals surface area contributed by atoms with Crippen LogP contribution in [-0.4, -0.2) is 63.5 Å². The van der Waals surface area contributed by atoms with E-state index >= 15 is 0 Å². The Hall–Kier alpha value is -1.38. The largest absolute Gasteiger partial charge is 0.479 e. The first-order valence-corrected chi connectivity index (χ1v) is 4.90. The maximum atomic E-state index is 10.7. The summed E-state index contributed by atoms with van der Waals surface area (Å²) in [5, 5.41) is 40.3. The van der Waals surface area contributed by atoms with Crippen molar-refractivity contribution in [2.75, 3.05) is 6.54 Å². The second-order valence-electron chi connectivity index (χ2n) is 3.70. The lowest BCUT2D eigenvalue weighted by atomic mass is 9.94. The van der Waals surface area contributed by atoms with Gasteiger partial charge in [0.05, 0.1) is 18.8 Å². The maximum absolute atomic E-state index is 10.7. The minimum Gasteiger partial charge on any atom is -0.479 e. The number of azide groups is 1. The smallest absolute Gasteiger partial charge is 0.332 e. The van der Waals surface area contributed by atoms with Crippen LogP contribution in [0.5, 0.6) is 0 Å². The van der Waals surface area contributed by atoms with E-state index in [0.717, 1.165) is 0 Å². The van der Waals surface area contributed by atoms with Gasteiger partial charge in [-0.2, -0.15) is 0 Å². The number of nitrogens with zero attached hydrogens (tertiary/aromatic N) is 3. The third kappa shape index (κ3) is 3.29. The van der Waals surface area contributed by atoms with Crippen LogP contribution in [0.2, 0.25) is 0 Å².